The monoisotopic (exact) mass is 984 g/mol. The average Bonchev–Trinajstić information content (AvgIpc) is 4.29. The van der Waals surface area contributed by atoms with Crippen LogP contribution in [0.3, 0.4) is 0 Å². The van der Waals surface area contributed by atoms with Crippen molar-refractivity contribution in [3.8, 4) is 44.5 Å². The first-order chi connectivity index (χ1) is 38.2. The van der Waals surface area contributed by atoms with E-state index in [9.17, 15) is 0 Å². The lowest BCUT2D eigenvalue weighted by Gasteiger charge is -2.32. The van der Waals surface area contributed by atoms with Gasteiger partial charge in [-0.2, -0.15) is 0 Å². The molecule has 3 aliphatic carbocycles. The molecule has 0 atom stereocenters. The van der Waals surface area contributed by atoms with Crippen LogP contribution < -0.4 is 9.80 Å². The molecule has 0 aliphatic heterocycles. The summed E-state index contributed by atoms with van der Waals surface area (Å²) in [4.78, 5) is 4.91. The van der Waals surface area contributed by atoms with Crippen LogP contribution in [0.4, 0.5) is 28.4 Å². The first kappa shape index (κ1) is 43.5. The average molecular weight is 985 g/mol. The van der Waals surface area contributed by atoms with Gasteiger partial charge in [0.15, 0.2) is 0 Å². The number of fused-ring (bicyclic) bond motifs is 16. The standard InChI is InChI=1S/C73H48N2O2/c1-3-15-47(16-4-1)49-27-31-51(32-28-49)74(55-37-41-71-63(45-55)59-21-9-13-25-69(59)76-71)53-35-39-67-61(43-53)62-44-54(36-40-68(62)73(67)65-23-11-7-19-57(65)58-20-8-12-24-66(58)73)75(52-33-29-50(30-34-52)48-17-5-2-6-18-48)56-38-42-72-64(46-56)60-22-10-14-26-70(60)77-72/h1-37,39-41,43-46H,38,42H2. The van der Waals surface area contributed by atoms with Crippen LogP contribution in [-0.4, -0.2) is 0 Å². The van der Waals surface area contributed by atoms with Gasteiger partial charge in [-0.05, 0) is 158 Å². The lowest BCUT2D eigenvalue weighted by molar-refractivity contribution is 0.542. The molecule has 0 saturated heterocycles. The Morgan fingerprint density at radius 3 is 1.36 bits per heavy atom. The van der Waals surface area contributed by atoms with E-state index in [1.165, 1.54) is 78.0 Å². The van der Waals surface area contributed by atoms with Gasteiger partial charge in [-0.3, -0.25) is 0 Å². The van der Waals surface area contributed by atoms with Crippen molar-refractivity contribution in [2.45, 2.75) is 18.3 Å². The quantitative estimate of drug-likeness (QED) is 0.152. The molecule has 0 N–H and O–H groups in total. The van der Waals surface area contributed by atoms with Gasteiger partial charge in [0.1, 0.15) is 22.5 Å². The summed E-state index contributed by atoms with van der Waals surface area (Å²) in [6.07, 6.45) is 4.01. The SMILES string of the molecule is C1=C(N(c2ccc(-c3ccccc3)cc2)c2ccc3c(c2)-c2cc(N(c4ccc(-c5ccccc5)cc4)c4ccc5oc6ccccc6c5c4)ccc2C32c3ccccc3-c3ccccc32)CCc2oc3ccccc3c21. The van der Waals surface area contributed by atoms with Crippen molar-refractivity contribution in [3.05, 3.63) is 300 Å². The van der Waals surface area contributed by atoms with Gasteiger partial charge in [-0.15, -0.1) is 0 Å². The molecule has 4 nitrogen and oxygen atoms in total. The van der Waals surface area contributed by atoms with Crippen LogP contribution in [-0.2, 0) is 11.8 Å². The molecular formula is C73H48N2O2. The fraction of sp³-hybridized carbons (Fsp3) is 0.0411. The summed E-state index contributed by atoms with van der Waals surface area (Å²) in [5.74, 6) is 1.05. The number of hydrogen-bond acceptors (Lipinski definition) is 4. The van der Waals surface area contributed by atoms with Gasteiger partial charge in [0.25, 0.3) is 0 Å². The maximum Gasteiger partial charge on any atom is 0.135 e. The zero-order chi connectivity index (χ0) is 50.6. The summed E-state index contributed by atoms with van der Waals surface area (Å²) in [5, 5.41) is 3.33. The smallest absolute Gasteiger partial charge is 0.135 e. The molecule has 362 valence electrons. The fourth-order valence-electron chi connectivity index (χ4n) is 13.2. The molecule has 0 unspecified atom stereocenters. The molecule has 0 amide bonds. The lowest BCUT2D eigenvalue weighted by Crippen LogP contribution is -2.26. The molecule has 0 radical (unpaired) electrons. The van der Waals surface area contributed by atoms with Gasteiger partial charge >= 0.3 is 0 Å². The Hall–Kier alpha value is -9.90. The highest BCUT2D eigenvalue weighted by Crippen LogP contribution is 2.64. The highest BCUT2D eigenvalue weighted by Gasteiger charge is 2.52. The number of rotatable bonds is 8. The molecular weight excluding hydrogens is 937 g/mol. The van der Waals surface area contributed by atoms with Gasteiger partial charge in [0.05, 0.1) is 5.41 Å². The Bertz CT molecular complexity index is 4460. The summed E-state index contributed by atoms with van der Waals surface area (Å²) < 4.78 is 12.9. The molecule has 0 saturated carbocycles. The summed E-state index contributed by atoms with van der Waals surface area (Å²) >= 11 is 0. The largest absolute Gasteiger partial charge is 0.460 e. The minimum atomic E-state index is -0.539. The van der Waals surface area contributed by atoms with Crippen molar-refractivity contribution in [1.82, 2.24) is 0 Å². The highest BCUT2D eigenvalue weighted by molar-refractivity contribution is 6.07. The topological polar surface area (TPSA) is 32.8 Å². The zero-order valence-corrected chi connectivity index (χ0v) is 42.0. The van der Waals surface area contributed by atoms with Crippen molar-refractivity contribution in [1.29, 1.82) is 0 Å². The molecule has 16 rings (SSSR count). The molecule has 13 aromatic rings. The number of furan rings is 2. The van der Waals surface area contributed by atoms with Crippen LogP contribution in [0.25, 0.3) is 83.5 Å². The summed E-state index contributed by atoms with van der Waals surface area (Å²) in [7, 11) is 0. The van der Waals surface area contributed by atoms with Gasteiger partial charge in [-0.1, -0.05) is 182 Å². The molecule has 0 bridgehead atoms. The number of hydrogen-bond donors (Lipinski definition) is 0. The van der Waals surface area contributed by atoms with E-state index < -0.39 is 5.41 Å². The van der Waals surface area contributed by atoms with Crippen molar-refractivity contribution < 1.29 is 8.83 Å². The van der Waals surface area contributed by atoms with Crippen LogP contribution in [0.1, 0.15) is 40.0 Å². The second kappa shape index (κ2) is 17.1. The molecule has 0 fully saturated rings. The second-order valence-corrected chi connectivity index (χ2v) is 20.6. The van der Waals surface area contributed by atoms with Crippen molar-refractivity contribution in [2.24, 2.45) is 0 Å². The predicted molar refractivity (Wildman–Crippen MR) is 317 cm³/mol. The minimum absolute atomic E-state index is 0.539. The van der Waals surface area contributed by atoms with Gasteiger partial charge in [0.2, 0.25) is 0 Å². The summed E-state index contributed by atoms with van der Waals surface area (Å²) in [6.45, 7) is 0. The zero-order valence-electron chi connectivity index (χ0n) is 42.0. The van der Waals surface area contributed by atoms with Crippen LogP contribution in [0.2, 0.25) is 0 Å². The van der Waals surface area contributed by atoms with Crippen LogP contribution in [0.15, 0.2) is 275 Å². The number of benzene rings is 11. The van der Waals surface area contributed by atoms with E-state index in [0.717, 1.165) is 79.9 Å². The third-order valence-electron chi connectivity index (χ3n) is 16.6. The number of para-hydroxylation sites is 2. The number of anilines is 5. The molecule has 4 heteroatoms. The van der Waals surface area contributed by atoms with Crippen molar-refractivity contribution >= 4 is 67.4 Å². The Labute approximate surface area is 446 Å². The first-order valence-corrected chi connectivity index (χ1v) is 26.7. The molecule has 1 spiro atoms. The van der Waals surface area contributed by atoms with E-state index in [4.69, 9.17) is 8.83 Å². The van der Waals surface area contributed by atoms with Crippen LogP contribution in [0, 0.1) is 0 Å². The van der Waals surface area contributed by atoms with Crippen LogP contribution in [0.5, 0.6) is 0 Å². The third-order valence-corrected chi connectivity index (χ3v) is 16.6. The van der Waals surface area contributed by atoms with E-state index in [2.05, 4.69) is 271 Å². The Morgan fingerprint density at radius 2 is 0.740 bits per heavy atom. The fourth-order valence-corrected chi connectivity index (χ4v) is 13.2. The summed E-state index contributed by atoms with van der Waals surface area (Å²) in [5.41, 5.74) is 24.9. The number of nitrogens with zero attached hydrogens (tertiary/aromatic N) is 2. The first-order valence-electron chi connectivity index (χ1n) is 26.7. The highest BCUT2D eigenvalue weighted by atomic mass is 16.3. The molecule has 77 heavy (non-hydrogen) atoms. The van der Waals surface area contributed by atoms with Gasteiger partial charge in [-0.25, -0.2) is 0 Å². The van der Waals surface area contributed by atoms with E-state index in [-0.39, 0.29) is 0 Å². The molecule has 2 aromatic heterocycles. The Balaban J connectivity index is 0.925. The minimum Gasteiger partial charge on any atom is -0.460 e. The van der Waals surface area contributed by atoms with E-state index in [1.807, 2.05) is 6.07 Å². The van der Waals surface area contributed by atoms with Crippen molar-refractivity contribution in [2.75, 3.05) is 9.80 Å². The van der Waals surface area contributed by atoms with E-state index >= 15 is 0 Å². The number of allylic oxidation sites excluding steroid dienone is 1. The molecule has 3 aliphatic rings. The molecule has 11 aromatic carbocycles. The van der Waals surface area contributed by atoms with E-state index in [0.29, 0.717) is 0 Å². The number of aryl methyl sites for hydroxylation is 1. The van der Waals surface area contributed by atoms with Crippen LogP contribution >= 0.6 is 0 Å². The van der Waals surface area contributed by atoms with Gasteiger partial charge in [0, 0.05) is 62.3 Å². The maximum atomic E-state index is 6.49. The lowest BCUT2D eigenvalue weighted by atomic mass is 9.70. The Kier molecular flexibility index (Phi) is 9.64. The third kappa shape index (κ3) is 6.65. The maximum absolute atomic E-state index is 6.49. The second-order valence-electron chi connectivity index (χ2n) is 20.6. The molecule has 2 heterocycles. The van der Waals surface area contributed by atoms with Crippen molar-refractivity contribution in [3.63, 3.8) is 0 Å². The Morgan fingerprint density at radius 1 is 0.299 bits per heavy atom. The summed E-state index contributed by atoms with van der Waals surface area (Å²) in [6, 6.07) is 95.5. The van der Waals surface area contributed by atoms with Gasteiger partial charge < -0.3 is 18.6 Å². The predicted octanol–water partition coefficient (Wildman–Crippen LogP) is 19.6. The normalized spacial score (nSPS) is 13.5. The van der Waals surface area contributed by atoms with E-state index in [1.54, 1.807) is 0 Å².